The summed E-state index contributed by atoms with van der Waals surface area (Å²) < 4.78 is 5.09. The molecule has 0 unspecified atom stereocenters. The van der Waals surface area contributed by atoms with Gasteiger partial charge in [0.15, 0.2) is 5.78 Å². The van der Waals surface area contributed by atoms with Gasteiger partial charge in [0, 0.05) is 24.2 Å². The lowest BCUT2D eigenvalue weighted by atomic mass is 9.75. The summed E-state index contributed by atoms with van der Waals surface area (Å²) in [6.45, 7) is 4.25. The van der Waals surface area contributed by atoms with Crippen molar-refractivity contribution >= 4 is 11.7 Å². The van der Waals surface area contributed by atoms with Gasteiger partial charge in [-0.05, 0) is 35.6 Å². The maximum Gasteiger partial charge on any atom is 0.261 e. The molecule has 1 aromatic heterocycles. The Bertz CT molecular complexity index is 910. The third-order valence-electron chi connectivity index (χ3n) is 4.57. The Morgan fingerprint density at radius 1 is 1.19 bits per heavy atom. The minimum atomic E-state index is -0.498. The largest absolute Gasteiger partial charge is 0.497 e. The SMILES string of the molecule is COc1ccc(CNC(=O)c2cc3c([nH]c2=O)CC(C)(C)CC3=O)cc1. The first-order valence-corrected chi connectivity index (χ1v) is 8.49. The molecule has 0 aliphatic heterocycles. The van der Waals surface area contributed by atoms with Crippen LogP contribution in [0.25, 0.3) is 0 Å². The zero-order chi connectivity index (χ0) is 18.9. The molecule has 1 amide bonds. The molecule has 6 heteroatoms. The molecule has 136 valence electrons. The van der Waals surface area contributed by atoms with Crippen LogP contribution in [0.3, 0.4) is 0 Å². The van der Waals surface area contributed by atoms with E-state index in [9.17, 15) is 14.4 Å². The number of Topliss-reactive ketones (excluding diaryl/α,β-unsaturated/α-hetero) is 1. The highest BCUT2D eigenvalue weighted by atomic mass is 16.5. The molecule has 2 N–H and O–H groups in total. The van der Waals surface area contributed by atoms with E-state index < -0.39 is 11.5 Å². The molecule has 2 aromatic rings. The summed E-state index contributed by atoms with van der Waals surface area (Å²) in [4.78, 5) is 39.8. The van der Waals surface area contributed by atoms with E-state index in [1.54, 1.807) is 19.2 Å². The Kier molecular flexibility index (Phi) is 4.68. The maximum atomic E-state index is 12.4. The van der Waals surface area contributed by atoms with Crippen molar-refractivity contribution in [3.05, 3.63) is 63.1 Å². The molecule has 0 bridgehead atoms. The highest BCUT2D eigenvalue weighted by Gasteiger charge is 2.32. The van der Waals surface area contributed by atoms with E-state index in [1.807, 2.05) is 26.0 Å². The standard InChI is InChI=1S/C20H22N2O4/c1-20(2)9-16-14(17(23)10-20)8-15(19(25)22-16)18(24)21-11-12-4-6-13(26-3)7-5-12/h4-8H,9-11H2,1-3H3,(H,21,24)(H,22,25). The van der Waals surface area contributed by atoms with Crippen LogP contribution >= 0.6 is 0 Å². The van der Waals surface area contributed by atoms with Crippen molar-refractivity contribution in [1.29, 1.82) is 0 Å². The molecule has 0 atom stereocenters. The van der Waals surface area contributed by atoms with Crippen molar-refractivity contribution in [2.75, 3.05) is 7.11 Å². The summed E-state index contributed by atoms with van der Waals surface area (Å²) in [6.07, 6.45) is 1.01. The molecule has 26 heavy (non-hydrogen) atoms. The average Bonchev–Trinajstić information content (AvgIpc) is 2.58. The lowest BCUT2D eigenvalue weighted by Gasteiger charge is -2.29. The highest BCUT2D eigenvalue weighted by Crippen LogP contribution is 2.33. The number of hydrogen-bond donors (Lipinski definition) is 2. The number of rotatable bonds is 4. The lowest BCUT2D eigenvalue weighted by molar-refractivity contribution is 0.0910. The van der Waals surface area contributed by atoms with Gasteiger partial charge in [0.1, 0.15) is 11.3 Å². The Balaban J connectivity index is 1.78. The van der Waals surface area contributed by atoms with Crippen molar-refractivity contribution in [1.82, 2.24) is 10.3 Å². The van der Waals surface area contributed by atoms with E-state index in [0.29, 0.717) is 24.1 Å². The molecule has 0 fully saturated rings. The quantitative estimate of drug-likeness (QED) is 0.883. The number of benzene rings is 1. The number of methoxy groups -OCH3 is 1. The summed E-state index contributed by atoms with van der Waals surface area (Å²) in [6, 6.07) is 8.69. The predicted molar refractivity (Wildman–Crippen MR) is 97.7 cm³/mol. The molecule has 1 aliphatic rings. The molecular formula is C20H22N2O4. The van der Waals surface area contributed by atoms with Crippen molar-refractivity contribution < 1.29 is 14.3 Å². The number of H-pyrrole nitrogens is 1. The molecular weight excluding hydrogens is 332 g/mol. The summed E-state index contributed by atoms with van der Waals surface area (Å²) in [5.41, 5.74) is 1.24. The van der Waals surface area contributed by atoms with Gasteiger partial charge in [-0.15, -0.1) is 0 Å². The number of pyridine rings is 1. The van der Waals surface area contributed by atoms with Crippen LogP contribution in [-0.2, 0) is 13.0 Å². The summed E-state index contributed by atoms with van der Waals surface area (Å²) in [7, 11) is 1.58. The third kappa shape index (κ3) is 3.69. The smallest absolute Gasteiger partial charge is 0.261 e. The van der Waals surface area contributed by atoms with E-state index in [2.05, 4.69) is 10.3 Å². The summed E-state index contributed by atoms with van der Waals surface area (Å²) >= 11 is 0. The first kappa shape index (κ1) is 17.9. The van der Waals surface area contributed by atoms with Gasteiger partial charge in [0.2, 0.25) is 0 Å². The van der Waals surface area contributed by atoms with E-state index in [4.69, 9.17) is 4.74 Å². The molecule has 1 aliphatic carbocycles. The van der Waals surface area contributed by atoms with Crippen LogP contribution in [0.4, 0.5) is 0 Å². The molecule has 0 spiro atoms. The number of aromatic nitrogens is 1. The van der Waals surface area contributed by atoms with Crippen molar-refractivity contribution in [2.24, 2.45) is 5.41 Å². The predicted octanol–water partition coefficient (Wildman–Crippen LogP) is 2.47. The second-order valence-electron chi connectivity index (χ2n) is 7.38. The zero-order valence-electron chi connectivity index (χ0n) is 15.1. The Hall–Kier alpha value is -2.89. The minimum Gasteiger partial charge on any atom is -0.497 e. The molecule has 0 saturated heterocycles. The average molecular weight is 354 g/mol. The highest BCUT2D eigenvalue weighted by molar-refractivity contribution is 6.02. The molecule has 3 rings (SSSR count). The molecule has 6 nitrogen and oxygen atoms in total. The van der Waals surface area contributed by atoms with Gasteiger partial charge >= 0.3 is 0 Å². The van der Waals surface area contributed by atoms with Gasteiger partial charge in [-0.1, -0.05) is 26.0 Å². The number of ether oxygens (including phenoxy) is 1. The van der Waals surface area contributed by atoms with Crippen molar-refractivity contribution in [3.8, 4) is 5.75 Å². The van der Waals surface area contributed by atoms with Crippen molar-refractivity contribution in [3.63, 3.8) is 0 Å². The summed E-state index contributed by atoms with van der Waals surface area (Å²) in [5.74, 6) is 0.187. The number of hydrogen-bond acceptors (Lipinski definition) is 4. The van der Waals surface area contributed by atoms with E-state index in [1.165, 1.54) is 6.07 Å². The minimum absolute atomic E-state index is 0.0367. The number of carbonyl (C=O) groups excluding carboxylic acids is 2. The second kappa shape index (κ2) is 6.78. The lowest BCUT2D eigenvalue weighted by Crippen LogP contribution is -2.34. The number of carbonyl (C=O) groups is 2. The van der Waals surface area contributed by atoms with E-state index >= 15 is 0 Å². The van der Waals surface area contributed by atoms with Crippen LogP contribution < -0.4 is 15.6 Å². The van der Waals surface area contributed by atoms with Gasteiger partial charge < -0.3 is 15.0 Å². The number of ketones is 1. The normalized spacial score (nSPS) is 15.3. The Morgan fingerprint density at radius 2 is 1.88 bits per heavy atom. The molecule has 1 aromatic carbocycles. The van der Waals surface area contributed by atoms with Gasteiger partial charge in [-0.2, -0.15) is 0 Å². The Morgan fingerprint density at radius 3 is 2.54 bits per heavy atom. The number of amides is 1. The van der Waals surface area contributed by atoms with Crippen LogP contribution in [0.1, 0.15) is 52.2 Å². The maximum absolute atomic E-state index is 12.4. The first-order valence-electron chi connectivity index (χ1n) is 8.49. The van der Waals surface area contributed by atoms with Crippen LogP contribution in [-0.4, -0.2) is 23.8 Å². The number of aromatic amines is 1. The van der Waals surface area contributed by atoms with E-state index in [0.717, 1.165) is 11.3 Å². The fourth-order valence-corrected chi connectivity index (χ4v) is 3.22. The molecule has 1 heterocycles. The zero-order valence-corrected chi connectivity index (χ0v) is 15.1. The summed E-state index contributed by atoms with van der Waals surface area (Å²) in [5, 5.41) is 2.72. The van der Waals surface area contributed by atoms with Gasteiger partial charge in [-0.25, -0.2) is 0 Å². The number of fused-ring (bicyclic) bond motifs is 1. The molecule has 0 saturated carbocycles. The monoisotopic (exact) mass is 354 g/mol. The molecule has 0 radical (unpaired) electrons. The Labute approximate surface area is 151 Å². The van der Waals surface area contributed by atoms with Gasteiger partial charge in [0.05, 0.1) is 7.11 Å². The fraction of sp³-hybridized carbons (Fsp3) is 0.350. The van der Waals surface area contributed by atoms with Crippen LogP contribution in [0.2, 0.25) is 0 Å². The third-order valence-corrected chi connectivity index (χ3v) is 4.57. The van der Waals surface area contributed by atoms with Gasteiger partial charge in [-0.3, -0.25) is 14.4 Å². The second-order valence-corrected chi connectivity index (χ2v) is 7.38. The fourth-order valence-electron chi connectivity index (χ4n) is 3.22. The van der Waals surface area contributed by atoms with Crippen LogP contribution in [0.15, 0.2) is 35.1 Å². The van der Waals surface area contributed by atoms with Crippen LogP contribution in [0.5, 0.6) is 5.75 Å². The van der Waals surface area contributed by atoms with Gasteiger partial charge in [0.25, 0.3) is 11.5 Å². The van der Waals surface area contributed by atoms with Crippen molar-refractivity contribution in [2.45, 2.75) is 33.2 Å². The number of nitrogens with one attached hydrogen (secondary N) is 2. The van der Waals surface area contributed by atoms with E-state index in [-0.39, 0.29) is 23.3 Å². The topological polar surface area (TPSA) is 88.3 Å². The van der Waals surface area contributed by atoms with Crippen LogP contribution in [0, 0.1) is 5.41 Å². The first-order chi connectivity index (χ1) is 12.3.